The number of nitro benzene ring substituents is 1. The molecule has 0 fully saturated rings. The van der Waals surface area contributed by atoms with Crippen LogP contribution in [0.15, 0.2) is 35.5 Å². The van der Waals surface area contributed by atoms with Crippen LogP contribution in [0.5, 0.6) is 0 Å². The molecule has 2 rings (SSSR count). The molecule has 0 unspecified atom stereocenters. The zero-order chi connectivity index (χ0) is 16.2. The Morgan fingerprint density at radius 1 is 1.36 bits per heavy atom. The Morgan fingerprint density at radius 3 is 2.73 bits per heavy atom. The van der Waals surface area contributed by atoms with E-state index in [1.165, 1.54) is 0 Å². The fourth-order valence-corrected chi connectivity index (χ4v) is 2.12. The fraction of sp³-hybridized carbons (Fsp3) is 0.357. The molecule has 0 saturated carbocycles. The lowest BCUT2D eigenvalue weighted by Gasteiger charge is -2.12. The molecule has 0 amide bonds. The number of halogens is 3. The van der Waals surface area contributed by atoms with Gasteiger partial charge in [0.15, 0.2) is 0 Å². The summed E-state index contributed by atoms with van der Waals surface area (Å²) in [6.07, 6.45) is 3.80. The van der Waals surface area contributed by atoms with Crippen LogP contribution >= 0.6 is 0 Å². The number of allylic oxidation sites excluding steroid dienone is 2. The monoisotopic (exact) mass is 313 g/mol. The lowest BCUT2D eigenvalue weighted by Crippen LogP contribution is -2.08. The third-order valence-electron chi connectivity index (χ3n) is 3.30. The van der Waals surface area contributed by atoms with Crippen LogP contribution < -0.4 is 5.43 Å². The number of nitrogens with one attached hydrogen (secondary N) is 1. The molecule has 1 aromatic rings. The quantitative estimate of drug-likeness (QED) is 0.388. The van der Waals surface area contributed by atoms with Crippen molar-refractivity contribution in [3.8, 4) is 0 Å². The predicted molar refractivity (Wildman–Crippen MR) is 76.7 cm³/mol. The van der Waals surface area contributed by atoms with E-state index in [1.807, 2.05) is 6.08 Å². The average Bonchev–Trinajstić information content (AvgIpc) is 2.47. The Hall–Kier alpha value is -2.38. The number of rotatable bonds is 4. The Labute approximate surface area is 124 Å². The largest absolute Gasteiger partial charge is 0.416 e. The lowest BCUT2D eigenvalue weighted by molar-refractivity contribution is -0.384. The summed E-state index contributed by atoms with van der Waals surface area (Å²) in [5.74, 6) is 0.228. The van der Waals surface area contributed by atoms with E-state index >= 15 is 0 Å². The second-order valence-corrected chi connectivity index (χ2v) is 4.92. The second-order valence-electron chi connectivity index (χ2n) is 4.92. The molecular formula is C14H14F3N3O2. The highest BCUT2D eigenvalue weighted by Gasteiger charge is 2.33. The van der Waals surface area contributed by atoms with Crippen molar-refractivity contribution in [3.05, 3.63) is 46.0 Å². The summed E-state index contributed by atoms with van der Waals surface area (Å²) in [5, 5.41) is 14.8. The minimum atomic E-state index is -4.62. The van der Waals surface area contributed by atoms with Crippen molar-refractivity contribution in [2.24, 2.45) is 11.0 Å². The van der Waals surface area contributed by atoms with E-state index in [0.29, 0.717) is 6.07 Å². The summed E-state index contributed by atoms with van der Waals surface area (Å²) in [6, 6.07) is 2.30. The van der Waals surface area contributed by atoms with Crippen molar-refractivity contribution in [2.45, 2.75) is 25.4 Å². The van der Waals surface area contributed by atoms with Gasteiger partial charge in [-0.25, -0.2) is 0 Å². The van der Waals surface area contributed by atoms with E-state index in [1.54, 1.807) is 6.21 Å². The summed E-state index contributed by atoms with van der Waals surface area (Å²) < 4.78 is 37.7. The van der Waals surface area contributed by atoms with E-state index in [2.05, 4.69) is 16.6 Å². The Kier molecular flexibility index (Phi) is 4.79. The SMILES string of the molecule is O=[N+]([O-])c1cc(C(F)(F)F)ccc1N/N=C\[C@H]1CC=CCC1. The number of nitrogens with zero attached hydrogens (tertiary/aromatic N) is 2. The molecular weight excluding hydrogens is 299 g/mol. The molecule has 5 nitrogen and oxygen atoms in total. The molecule has 22 heavy (non-hydrogen) atoms. The molecule has 0 saturated heterocycles. The first-order valence-electron chi connectivity index (χ1n) is 6.68. The number of nitro groups is 1. The first-order chi connectivity index (χ1) is 10.4. The normalized spacial score (nSPS) is 18.6. The number of benzene rings is 1. The lowest BCUT2D eigenvalue weighted by atomic mass is 9.96. The molecule has 0 bridgehead atoms. The number of anilines is 1. The van der Waals surface area contributed by atoms with Crippen LogP contribution in [0.3, 0.4) is 0 Å². The molecule has 0 aromatic heterocycles. The van der Waals surface area contributed by atoms with Crippen molar-refractivity contribution in [1.82, 2.24) is 0 Å². The van der Waals surface area contributed by atoms with Gasteiger partial charge in [0.2, 0.25) is 0 Å². The summed E-state index contributed by atoms with van der Waals surface area (Å²) in [6.45, 7) is 0. The number of hydrogen-bond donors (Lipinski definition) is 1. The van der Waals surface area contributed by atoms with E-state index in [4.69, 9.17) is 0 Å². The summed E-state index contributed by atoms with van der Waals surface area (Å²) in [5.41, 5.74) is 0.667. The highest BCUT2D eigenvalue weighted by molar-refractivity contribution is 5.67. The van der Waals surface area contributed by atoms with Gasteiger partial charge < -0.3 is 0 Å². The van der Waals surface area contributed by atoms with Gasteiger partial charge in [0, 0.05) is 12.3 Å². The van der Waals surface area contributed by atoms with Crippen LogP contribution in [0.4, 0.5) is 24.5 Å². The van der Waals surface area contributed by atoms with Crippen LogP contribution in [-0.2, 0) is 6.18 Å². The van der Waals surface area contributed by atoms with Crippen LogP contribution in [0.25, 0.3) is 0 Å². The van der Waals surface area contributed by atoms with E-state index in [9.17, 15) is 23.3 Å². The molecule has 1 atom stereocenters. The van der Waals surface area contributed by atoms with Crippen LogP contribution in [0, 0.1) is 16.0 Å². The first kappa shape index (κ1) is 16.0. The second kappa shape index (κ2) is 6.59. The topological polar surface area (TPSA) is 67.5 Å². The molecule has 1 N–H and O–H groups in total. The smallest absolute Gasteiger partial charge is 0.272 e. The first-order valence-corrected chi connectivity index (χ1v) is 6.68. The minimum Gasteiger partial charge on any atom is -0.272 e. The van der Waals surface area contributed by atoms with Crippen LogP contribution in [-0.4, -0.2) is 11.1 Å². The Balaban J connectivity index is 2.14. The van der Waals surface area contributed by atoms with Crippen molar-refractivity contribution in [2.75, 3.05) is 5.43 Å². The Morgan fingerprint density at radius 2 is 2.14 bits per heavy atom. The van der Waals surface area contributed by atoms with Crippen LogP contribution in [0.1, 0.15) is 24.8 Å². The maximum Gasteiger partial charge on any atom is 0.416 e. The third kappa shape index (κ3) is 4.06. The van der Waals surface area contributed by atoms with Gasteiger partial charge in [0.1, 0.15) is 5.69 Å². The van der Waals surface area contributed by atoms with Crippen molar-refractivity contribution in [3.63, 3.8) is 0 Å². The molecule has 1 aliphatic carbocycles. The summed E-state index contributed by atoms with van der Waals surface area (Å²) in [4.78, 5) is 10.0. The van der Waals surface area contributed by atoms with Crippen molar-refractivity contribution >= 4 is 17.6 Å². The molecule has 0 spiro atoms. The molecule has 1 aromatic carbocycles. The van der Waals surface area contributed by atoms with Gasteiger partial charge in [-0.2, -0.15) is 18.3 Å². The van der Waals surface area contributed by atoms with Gasteiger partial charge in [0.05, 0.1) is 10.5 Å². The molecule has 0 heterocycles. The van der Waals surface area contributed by atoms with E-state index in [0.717, 1.165) is 31.4 Å². The van der Waals surface area contributed by atoms with E-state index in [-0.39, 0.29) is 11.6 Å². The number of hydrogen-bond acceptors (Lipinski definition) is 4. The molecule has 8 heteroatoms. The van der Waals surface area contributed by atoms with Crippen molar-refractivity contribution < 1.29 is 18.1 Å². The van der Waals surface area contributed by atoms with Gasteiger partial charge in [-0.3, -0.25) is 15.5 Å². The minimum absolute atomic E-state index is 0.0689. The zero-order valence-electron chi connectivity index (χ0n) is 11.5. The zero-order valence-corrected chi connectivity index (χ0v) is 11.5. The molecule has 118 valence electrons. The number of hydrazone groups is 1. The third-order valence-corrected chi connectivity index (χ3v) is 3.30. The molecule has 0 radical (unpaired) electrons. The maximum absolute atomic E-state index is 12.6. The maximum atomic E-state index is 12.6. The standard InChI is InChI=1S/C14H14F3N3O2/c15-14(16,17)11-6-7-12(13(8-11)20(21)22)19-18-9-10-4-2-1-3-5-10/h1-2,6-10,19H,3-5H2/b18-9-/t10-/m0/s1. The van der Waals surface area contributed by atoms with Crippen LogP contribution in [0.2, 0.25) is 0 Å². The highest BCUT2D eigenvalue weighted by Crippen LogP contribution is 2.34. The van der Waals surface area contributed by atoms with E-state index < -0.39 is 22.4 Å². The van der Waals surface area contributed by atoms with Gasteiger partial charge in [-0.1, -0.05) is 12.2 Å². The molecule has 0 aliphatic heterocycles. The summed E-state index contributed by atoms with van der Waals surface area (Å²) >= 11 is 0. The summed E-state index contributed by atoms with van der Waals surface area (Å²) in [7, 11) is 0. The van der Waals surface area contributed by atoms with Gasteiger partial charge >= 0.3 is 6.18 Å². The number of alkyl halides is 3. The van der Waals surface area contributed by atoms with Gasteiger partial charge in [-0.05, 0) is 37.3 Å². The van der Waals surface area contributed by atoms with Gasteiger partial charge in [0.25, 0.3) is 5.69 Å². The fourth-order valence-electron chi connectivity index (χ4n) is 2.12. The van der Waals surface area contributed by atoms with Crippen molar-refractivity contribution in [1.29, 1.82) is 0 Å². The molecule has 1 aliphatic rings. The van der Waals surface area contributed by atoms with Gasteiger partial charge in [-0.15, -0.1) is 0 Å². The highest BCUT2D eigenvalue weighted by atomic mass is 19.4. The average molecular weight is 313 g/mol. The Bertz CT molecular complexity index is 612. The predicted octanol–water partition coefficient (Wildman–Crippen LogP) is 4.37.